The SMILES string of the molecule is COC(=O)c1ccc2c(C(=Nc3ccc(N(C)C(=O)CN4CC5(CN(C)C5)C4)cc3)c3ccccc3)c(O)[nH]c2c1. The Labute approximate surface area is 238 Å². The number of hydrogen-bond acceptors (Lipinski definition) is 7. The zero-order valence-electron chi connectivity index (χ0n) is 23.4. The van der Waals surface area contributed by atoms with Gasteiger partial charge in [-0.15, -0.1) is 0 Å². The van der Waals surface area contributed by atoms with Gasteiger partial charge in [-0.3, -0.25) is 9.69 Å². The van der Waals surface area contributed by atoms with Crippen LogP contribution in [0.1, 0.15) is 21.5 Å². The van der Waals surface area contributed by atoms with Crippen LogP contribution in [0.4, 0.5) is 11.4 Å². The molecule has 9 nitrogen and oxygen atoms in total. The van der Waals surface area contributed by atoms with Crippen LogP contribution in [0.3, 0.4) is 0 Å². The number of nitrogens with one attached hydrogen (secondary N) is 1. The maximum atomic E-state index is 13.0. The number of ether oxygens (including phenoxy) is 1. The molecule has 1 amide bonds. The molecule has 0 aliphatic carbocycles. The number of aromatic nitrogens is 1. The molecule has 2 N–H and O–H groups in total. The average molecular weight is 552 g/mol. The summed E-state index contributed by atoms with van der Waals surface area (Å²) < 4.78 is 4.84. The van der Waals surface area contributed by atoms with Gasteiger partial charge in [0, 0.05) is 60.8 Å². The van der Waals surface area contributed by atoms with Gasteiger partial charge >= 0.3 is 5.97 Å². The molecule has 0 bridgehead atoms. The minimum absolute atomic E-state index is 0.0483. The van der Waals surface area contributed by atoms with Gasteiger partial charge in [-0.2, -0.15) is 0 Å². The van der Waals surface area contributed by atoms with E-state index in [-0.39, 0.29) is 11.8 Å². The van der Waals surface area contributed by atoms with Gasteiger partial charge in [0.05, 0.1) is 36.2 Å². The minimum atomic E-state index is -0.456. The number of hydrogen-bond donors (Lipinski definition) is 2. The van der Waals surface area contributed by atoms with Crippen LogP contribution in [0.25, 0.3) is 10.9 Å². The molecule has 2 aliphatic rings. The number of anilines is 1. The molecular weight excluding hydrogens is 518 g/mol. The van der Waals surface area contributed by atoms with E-state index in [4.69, 9.17) is 9.73 Å². The fraction of sp³-hybridized carbons (Fsp3) is 0.281. The number of aliphatic imine (C=N–C) groups is 1. The molecule has 1 spiro atoms. The molecule has 9 heteroatoms. The number of aromatic hydroxyl groups is 1. The molecule has 3 heterocycles. The van der Waals surface area contributed by atoms with Crippen molar-refractivity contribution >= 4 is 39.9 Å². The molecule has 0 unspecified atom stereocenters. The van der Waals surface area contributed by atoms with Gasteiger partial charge in [-0.25, -0.2) is 9.79 Å². The third kappa shape index (κ3) is 5.10. The summed E-state index contributed by atoms with van der Waals surface area (Å²) >= 11 is 0. The highest BCUT2D eigenvalue weighted by Gasteiger charge is 2.50. The van der Waals surface area contributed by atoms with E-state index in [1.165, 1.54) is 7.11 Å². The van der Waals surface area contributed by atoms with Gasteiger partial charge in [0.25, 0.3) is 0 Å². The van der Waals surface area contributed by atoms with E-state index < -0.39 is 5.97 Å². The molecule has 2 saturated heterocycles. The number of likely N-dealkylation sites (tertiary alicyclic amines) is 2. The summed E-state index contributed by atoms with van der Waals surface area (Å²) in [6.07, 6.45) is 0. The standard InChI is InChI=1S/C32H33N5O4/c1-35-17-32(18-35)19-37(20-32)16-27(38)36(2)24-12-10-23(11-13-24)33-29(21-7-5-4-6-8-21)28-25-14-9-22(31(40)41-3)15-26(25)34-30(28)39/h4-15,34,39H,16-20H2,1-3H3. The van der Waals surface area contributed by atoms with Crippen molar-refractivity contribution in [3.63, 3.8) is 0 Å². The predicted molar refractivity (Wildman–Crippen MR) is 159 cm³/mol. The molecule has 1 aromatic heterocycles. The maximum absolute atomic E-state index is 13.0. The van der Waals surface area contributed by atoms with Crippen LogP contribution in [0, 0.1) is 5.41 Å². The van der Waals surface area contributed by atoms with Crippen molar-refractivity contribution in [1.29, 1.82) is 0 Å². The van der Waals surface area contributed by atoms with Crippen LogP contribution in [-0.2, 0) is 9.53 Å². The number of benzene rings is 3. The molecule has 41 heavy (non-hydrogen) atoms. The van der Waals surface area contributed by atoms with Crippen LogP contribution >= 0.6 is 0 Å². The lowest BCUT2D eigenvalue weighted by Crippen LogP contribution is -2.71. The Balaban J connectivity index is 1.25. The van der Waals surface area contributed by atoms with Crippen molar-refractivity contribution in [2.75, 3.05) is 58.8 Å². The fourth-order valence-electron chi connectivity index (χ4n) is 6.16. The normalized spacial score (nSPS) is 16.8. The van der Waals surface area contributed by atoms with Gasteiger partial charge in [0.15, 0.2) is 5.88 Å². The van der Waals surface area contributed by atoms with Gasteiger partial charge in [0.2, 0.25) is 5.91 Å². The number of esters is 1. The second-order valence-corrected chi connectivity index (χ2v) is 11.2. The topological polar surface area (TPSA) is 101 Å². The van der Waals surface area contributed by atoms with Crippen LogP contribution in [0.5, 0.6) is 5.88 Å². The summed E-state index contributed by atoms with van der Waals surface area (Å²) in [5, 5.41) is 11.7. The van der Waals surface area contributed by atoms with Crippen LogP contribution < -0.4 is 4.90 Å². The highest BCUT2D eigenvalue weighted by molar-refractivity contribution is 6.22. The summed E-state index contributed by atoms with van der Waals surface area (Å²) in [4.78, 5) is 39.1. The largest absolute Gasteiger partial charge is 0.494 e. The fourth-order valence-corrected chi connectivity index (χ4v) is 6.16. The summed E-state index contributed by atoms with van der Waals surface area (Å²) in [6, 6.07) is 22.2. The first-order valence-corrected chi connectivity index (χ1v) is 13.6. The molecule has 0 radical (unpaired) electrons. The molecular formula is C32H33N5O4. The maximum Gasteiger partial charge on any atom is 0.337 e. The van der Waals surface area contributed by atoms with Crippen molar-refractivity contribution in [3.05, 3.63) is 89.5 Å². The predicted octanol–water partition coefficient (Wildman–Crippen LogP) is 4.04. The molecule has 6 rings (SSSR count). The number of H-pyrrole nitrogens is 1. The lowest BCUT2D eigenvalue weighted by Gasteiger charge is -2.59. The number of carbonyl (C=O) groups excluding carboxylic acids is 2. The monoisotopic (exact) mass is 551 g/mol. The number of carbonyl (C=O) groups is 2. The van der Waals surface area contributed by atoms with Gasteiger partial charge in [0.1, 0.15) is 0 Å². The van der Waals surface area contributed by atoms with E-state index in [2.05, 4.69) is 21.8 Å². The first-order chi connectivity index (χ1) is 19.7. The Kier molecular flexibility index (Phi) is 6.84. The Bertz CT molecular complexity index is 1630. The number of rotatable bonds is 7. The molecule has 0 saturated carbocycles. The number of amides is 1. The van der Waals surface area contributed by atoms with Crippen LogP contribution in [0.2, 0.25) is 0 Å². The highest BCUT2D eigenvalue weighted by atomic mass is 16.5. The molecule has 210 valence electrons. The molecule has 2 fully saturated rings. The second kappa shape index (κ2) is 10.5. The Morgan fingerprint density at radius 3 is 2.37 bits per heavy atom. The van der Waals surface area contributed by atoms with E-state index in [9.17, 15) is 14.7 Å². The number of aromatic amines is 1. The van der Waals surface area contributed by atoms with E-state index in [1.54, 1.807) is 30.1 Å². The Hall–Kier alpha value is -4.47. The van der Waals surface area contributed by atoms with Crippen LogP contribution in [0.15, 0.2) is 77.8 Å². The van der Waals surface area contributed by atoms with Crippen molar-refractivity contribution in [1.82, 2.24) is 14.8 Å². The third-order valence-electron chi connectivity index (χ3n) is 8.02. The minimum Gasteiger partial charge on any atom is -0.494 e. The molecule has 4 aromatic rings. The molecule has 2 aliphatic heterocycles. The highest BCUT2D eigenvalue weighted by Crippen LogP contribution is 2.38. The first-order valence-electron chi connectivity index (χ1n) is 13.6. The summed E-state index contributed by atoms with van der Waals surface area (Å²) in [7, 11) is 5.27. The van der Waals surface area contributed by atoms with Gasteiger partial charge < -0.3 is 24.6 Å². The molecule has 0 atom stereocenters. The number of likely N-dealkylation sites (N-methyl/N-ethyl adjacent to an activating group) is 1. The summed E-state index contributed by atoms with van der Waals surface area (Å²) in [5.74, 6) is -0.445. The van der Waals surface area contributed by atoms with Crippen molar-refractivity contribution in [3.8, 4) is 5.88 Å². The van der Waals surface area contributed by atoms with Crippen molar-refractivity contribution < 1.29 is 19.4 Å². The summed E-state index contributed by atoms with van der Waals surface area (Å²) in [5.41, 5.74) is 4.76. The van der Waals surface area contributed by atoms with Crippen LogP contribution in [-0.4, -0.2) is 91.4 Å². The lowest BCUT2D eigenvalue weighted by molar-refractivity contribution is -0.131. The zero-order chi connectivity index (χ0) is 28.7. The number of methoxy groups -OCH3 is 1. The van der Waals surface area contributed by atoms with E-state index in [0.717, 1.165) is 42.8 Å². The average Bonchev–Trinajstić information content (AvgIpc) is 3.28. The van der Waals surface area contributed by atoms with Crippen molar-refractivity contribution in [2.24, 2.45) is 10.4 Å². The number of nitrogens with zero attached hydrogens (tertiary/aromatic N) is 4. The van der Waals surface area contributed by atoms with Crippen molar-refractivity contribution in [2.45, 2.75) is 0 Å². The Morgan fingerprint density at radius 2 is 1.71 bits per heavy atom. The number of fused-ring (bicyclic) bond motifs is 1. The van der Waals surface area contributed by atoms with E-state index in [0.29, 0.717) is 40.0 Å². The smallest absolute Gasteiger partial charge is 0.337 e. The van der Waals surface area contributed by atoms with E-state index >= 15 is 0 Å². The third-order valence-corrected chi connectivity index (χ3v) is 8.02. The zero-order valence-corrected chi connectivity index (χ0v) is 23.4. The molecule has 3 aromatic carbocycles. The summed E-state index contributed by atoms with van der Waals surface area (Å²) in [6.45, 7) is 4.61. The van der Waals surface area contributed by atoms with Gasteiger partial charge in [-0.1, -0.05) is 36.4 Å². The Morgan fingerprint density at radius 1 is 1.00 bits per heavy atom. The lowest BCUT2D eigenvalue weighted by atomic mass is 9.73. The van der Waals surface area contributed by atoms with E-state index in [1.807, 2.05) is 54.6 Å². The quantitative estimate of drug-likeness (QED) is 0.266. The second-order valence-electron chi connectivity index (χ2n) is 11.2. The first kappa shape index (κ1) is 26.7. The van der Waals surface area contributed by atoms with Gasteiger partial charge in [-0.05, 0) is 43.4 Å².